The number of aromatic nitrogens is 3. The second-order valence-corrected chi connectivity index (χ2v) is 13.8. The molecule has 3 heterocycles. The lowest BCUT2D eigenvalue weighted by Crippen LogP contribution is -3.00. The summed E-state index contributed by atoms with van der Waals surface area (Å²) < 4.78 is 28.7. The number of carbonyl (C=O) groups is 1. The number of aryl methyl sites for hydroxylation is 1. The number of ether oxygens (including phenoxy) is 2. The van der Waals surface area contributed by atoms with Crippen molar-refractivity contribution >= 4 is 20.1 Å². The van der Waals surface area contributed by atoms with Crippen LogP contribution in [0.1, 0.15) is 22.1 Å². The first kappa shape index (κ1) is 26.8. The number of carbonyl (C=O) groups excluding carboxylic acids is 1. The molecule has 0 bridgehead atoms. The second-order valence-electron chi connectivity index (χ2n) is 8.77. The summed E-state index contributed by atoms with van der Waals surface area (Å²) in [6, 6.07) is 3.15. The van der Waals surface area contributed by atoms with Gasteiger partial charge in [0.15, 0.2) is 30.9 Å². The molecule has 0 spiro atoms. The number of nitrogens with zero attached hydrogens (tertiary/aromatic N) is 2. The van der Waals surface area contributed by atoms with Crippen molar-refractivity contribution in [3.05, 3.63) is 68.4 Å². The van der Waals surface area contributed by atoms with Gasteiger partial charge in [-0.3, -0.25) is 14.3 Å². The number of nitrogens with one attached hydrogen (secondary N) is 1. The Morgan fingerprint density at radius 3 is 2.70 bits per heavy atom. The Bertz CT molecular complexity index is 1150. The highest BCUT2D eigenvalue weighted by atomic mass is 79.9. The van der Waals surface area contributed by atoms with Crippen molar-refractivity contribution in [3.8, 4) is 0 Å². The molecule has 12 heteroatoms. The smallest absolute Gasteiger partial charge is 0.344 e. The number of pyridine rings is 1. The Hall–Kier alpha value is -2.41. The molecule has 2 aromatic rings. The minimum Gasteiger partial charge on any atom is -1.00 e. The third kappa shape index (κ3) is 6.34. The van der Waals surface area contributed by atoms with Crippen molar-refractivity contribution in [2.24, 2.45) is 7.05 Å². The van der Waals surface area contributed by atoms with Crippen LogP contribution < -0.4 is 32.8 Å². The van der Waals surface area contributed by atoms with Crippen LogP contribution in [0.2, 0.25) is 19.6 Å². The van der Waals surface area contributed by atoms with Gasteiger partial charge in [0, 0.05) is 12.3 Å². The molecule has 33 heavy (non-hydrogen) atoms. The van der Waals surface area contributed by atoms with Gasteiger partial charge in [-0.05, 0) is 6.07 Å². The first-order valence-electron chi connectivity index (χ1n) is 10.1. The summed E-state index contributed by atoms with van der Waals surface area (Å²) >= 11 is 0. The molecule has 1 fully saturated rings. The molecular formula is C21H27BrFN3O6Si. The van der Waals surface area contributed by atoms with E-state index in [1.54, 1.807) is 30.0 Å². The lowest BCUT2D eigenvalue weighted by Gasteiger charge is -2.18. The number of rotatable bonds is 6. The highest BCUT2D eigenvalue weighted by molar-refractivity contribution is 6.81. The van der Waals surface area contributed by atoms with Gasteiger partial charge in [0.25, 0.3) is 5.56 Å². The average Bonchev–Trinajstić information content (AvgIpc) is 3.02. The van der Waals surface area contributed by atoms with Gasteiger partial charge in [0.05, 0.1) is 20.2 Å². The minimum atomic E-state index is -1.95. The summed E-state index contributed by atoms with van der Waals surface area (Å²) in [4.78, 5) is 39.2. The number of hydrogen-bond donors (Lipinski definition) is 2. The van der Waals surface area contributed by atoms with Crippen LogP contribution in [0.5, 0.6) is 0 Å². The summed E-state index contributed by atoms with van der Waals surface area (Å²) in [7, 11) is 0.0793. The molecule has 1 aliphatic heterocycles. The summed E-state index contributed by atoms with van der Waals surface area (Å²) in [5, 5.41) is 9.65. The fourth-order valence-corrected chi connectivity index (χ4v) is 3.93. The molecule has 0 unspecified atom stereocenters. The minimum absolute atomic E-state index is 0. The first-order chi connectivity index (χ1) is 15.0. The van der Waals surface area contributed by atoms with Gasteiger partial charge in [0.2, 0.25) is 0 Å². The van der Waals surface area contributed by atoms with E-state index in [-0.39, 0.29) is 28.1 Å². The summed E-state index contributed by atoms with van der Waals surface area (Å²) in [5.41, 5.74) is 0.803. The maximum atomic E-state index is 15.3. The van der Waals surface area contributed by atoms with Crippen LogP contribution in [0.25, 0.3) is 6.08 Å². The number of aromatic amines is 1. The van der Waals surface area contributed by atoms with Crippen LogP contribution in [-0.2, 0) is 16.5 Å². The van der Waals surface area contributed by atoms with Crippen LogP contribution in [0.15, 0.2) is 46.0 Å². The topological polar surface area (TPSA) is 114 Å². The van der Waals surface area contributed by atoms with Gasteiger partial charge < -0.3 is 31.6 Å². The molecule has 9 nitrogen and oxygen atoms in total. The second kappa shape index (κ2) is 10.7. The molecule has 0 aromatic carbocycles. The number of aliphatic hydroxyl groups excluding tert-OH is 1. The van der Waals surface area contributed by atoms with Crippen molar-refractivity contribution in [1.82, 2.24) is 9.55 Å². The fourth-order valence-electron chi connectivity index (χ4n) is 3.25. The number of esters is 1. The van der Waals surface area contributed by atoms with Crippen LogP contribution in [0.4, 0.5) is 4.39 Å². The van der Waals surface area contributed by atoms with E-state index in [0.717, 1.165) is 4.57 Å². The van der Waals surface area contributed by atoms with Gasteiger partial charge in [0.1, 0.15) is 18.7 Å². The zero-order chi connectivity index (χ0) is 23.6. The van der Waals surface area contributed by atoms with Crippen molar-refractivity contribution < 1.29 is 45.3 Å². The predicted molar refractivity (Wildman–Crippen MR) is 116 cm³/mol. The normalized spacial score (nSPS) is 22.8. The zero-order valence-electron chi connectivity index (χ0n) is 18.7. The van der Waals surface area contributed by atoms with Crippen molar-refractivity contribution in [3.63, 3.8) is 0 Å². The maximum Gasteiger partial charge on any atom is 0.344 e. The van der Waals surface area contributed by atoms with Gasteiger partial charge in [-0.15, -0.1) is 0 Å². The molecule has 0 saturated carbocycles. The predicted octanol–water partition coefficient (Wildman–Crippen LogP) is -2.29. The molecule has 0 amide bonds. The monoisotopic (exact) mass is 543 g/mol. The fraction of sp³-hybridized carbons (Fsp3) is 0.429. The molecule has 4 atom stereocenters. The standard InChI is InChI=1S/C21H26FN3O6Si.BrH/c1-24-8-5-6-14(10-24)20(28)31-17-15(12-26)30-19(16(17)22)25-11-13(7-9-32(2,3)4)18(27)23-21(25)29;/h5-11,15-17,19,26H,12H2,1-4H3;1H/b9-7+;/t15-,16-,17-,19-;/m1./s1. The van der Waals surface area contributed by atoms with E-state index >= 15 is 4.39 Å². The molecule has 180 valence electrons. The summed E-state index contributed by atoms with van der Waals surface area (Å²) in [5.74, 6) is -0.788. The molecule has 3 rings (SSSR count). The van der Waals surface area contributed by atoms with E-state index in [1.807, 2.05) is 5.70 Å². The number of hydrogen-bond acceptors (Lipinski definition) is 6. The highest BCUT2D eigenvalue weighted by Crippen LogP contribution is 2.33. The van der Waals surface area contributed by atoms with E-state index in [0.29, 0.717) is 0 Å². The molecule has 1 aliphatic rings. The maximum absolute atomic E-state index is 15.3. The van der Waals surface area contributed by atoms with Gasteiger partial charge >= 0.3 is 11.7 Å². The van der Waals surface area contributed by atoms with E-state index in [4.69, 9.17) is 9.47 Å². The Morgan fingerprint density at radius 2 is 2.09 bits per heavy atom. The highest BCUT2D eigenvalue weighted by Gasteiger charge is 2.49. The zero-order valence-corrected chi connectivity index (χ0v) is 21.3. The SMILES string of the molecule is C[n+]1cccc(C(=O)O[C@H]2[C@@H](F)[C@H](n3cc(/C=C/[Si](C)(C)C)c(=O)[nH]c3=O)O[C@@H]2CO)c1.[Br-]. The first-order valence-corrected chi connectivity index (χ1v) is 13.7. The number of alkyl halides is 1. The third-order valence-electron chi connectivity index (χ3n) is 4.90. The summed E-state index contributed by atoms with van der Waals surface area (Å²) in [6.07, 6.45) is -0.0213. The average molecular weight is 544 g/mol. The van der Waals surface area contributed by atoms with Crippen LogP contribution in [-0.4, -0.2) is 53.7 Å². The lowest BCUT2D eigenvalue weighted by molar-refractivity contribution is -0.671. The quantitative estimate of drug-likeness (QED) is 0.241. The molecule has 0 aliphatic carbocycles. The van der Waals surface area contributed by atoms with Crippen LogP contribution in [0, 0.1) is 0 Å². The van der Waals surface area contributed by atoms with E-state index in [2.05, 4.69) is 24.6 Å². The van der Waals surface area contributed by atoms with Crippen LogP contribution >= 0.6 is 0 Å². The number of aliphatic hydroxyl groups is 1. The van der Waals surface area contributed by atoms with E-state index in [9.17, 15) is 19.5 Å². The largest absolute Gasteiger partial charge is 1.00 e. The molecule has 2 aromatic heterocycles. The summed E-state index contributed by atoms with van der Waals surface area (Å²) in [6.45, 7) is 5.59. The van der Waals surface area contributed by atoms with Crippen molar-refractivity contribution in [2.75, 3.05) is 6.61 Å². The van der Waals surface area contributed by atoms with Gasteiger partial charge in [-0.2, -0.15) is 0 Å². The Morgan fingerprint density at radius 1 is 1.39 bits per heavy atom. The van der Waals surface area contributed by atoms with Crippen molar-refractivity contribution in [1.29, 1.82) is 0 Å². The van der Waals surface area contributed by atoms with E-state index < -0.39 is 56.5 Å². The lowest BCUT2D eigenvalue weighted by atomic mass is 10.1. The molecular weight excluding hydrogens is 517 g/mol. The number of halogens is 2. The van der Waals surface area contributed by atoms with E-state index in [1.165, 1.54) is 18.5 Å². The molecule has 1 saturated heterocycles. The van der Waals surface area contributed by atoms with Crippen molar-refractivity contribution in [2.45, 2.75) is 44.2 Å². The van der Waals surface area contributed by atoms with Gasteiger partial charge in [-0.1, -0.05) is 31.4 Å². The Kier molecular flexibility index (Phi) is 8.68. The Balaban J connectivity index is 0.00000385. The molecule has 0 radical (unpaired) electrons. The molecule has 2 N–H and O–H groups in total. The van der Waals surface area contributed by atoms with Crippen LogP contribution in [0.3, 0.4) is 0 Å². The number of H-pyrrole nitrogens is 1. The third-order valence-corrected chi connectivity index (χ3v) is 6.06. The van der Waals surface area contributed by atoms with Gasteiger partial charge in [-0.25, -0.2) is 18.5 Å². The Labute approximate surface area is 201 Å².